The molecule has 0 aliphatic rings. The predicted octanol–water partition coefficient (Wildman–Crippen LogP) is 4.94. The van der Waals surface area contributed by atoms with Gasteiger partial charge in [0.25, 0.3) is 0 Å². The fourth-order valence-electron chi connectivity index (χ4n) is 3.15. The van der Waals surface area contributed by atoms with Crippen LogP contribution in [0.3, 0.4) is 0 Å². The second kappa shape index (κ2) is 6.44. The van der Waals surface area contributed by atoms with Crippen molar-refractivity contribution < 1.29 is 4.39 Å². The molecule has 1 N–H and O–H groups in total. The van der Waals surface area contributed by atoms with Gasteiger partial charge in [-0.2, -0.15) is 5.10 Å². The summed E-state index contributed by atoms with van der Waals surface area (Å²) in [5, 5.41) is 7.14. The van der Waals surface area contributed by atoms with Crippen LogP contribution in [-0.2, 0) is 13.0 Å². The van der Waals surface area contributed by atoms with Crippen LogP contribution >= 0.6 is 15.9 Å². The largest absolute Gasteiger partial charge is 0.328 e. The molecule has 0 unspecified atom stereocenters. The maximum absolute atomic E-state index is 13.6. The maximum atomic E-state index is 13.6. The Kier molecular flexibility index (Phi) is 4.13. The van der Waals surface area contributed by atoms with Crippen LogP contribution in [0.15, 0.2) is 53.1 Å². The summed E-state index contributed by atoms with van der Waals surface area (Å²) in [6.07, 6.45) is 2.41. The molecule has 0 saturated heterocycles. The van der Waals surface area contributed by atoms with Gasteiger partial charge in [-0.3, -0.25) is 5.10 Å². The summed E-state index contributed by atoms with van der Waals surface area (Å²) >= 11 is 3.50. The molecule has 0 saturated carbocycles. The molecule has 0 aliphatic heterocycles. The molecule has 126 valence electrons. The summed E-state index contributed by atoms with van der Waals surface area (Å²) in [4.78, 5) is 4.79. The normalized spacial score (nSPS) is 11.3. The highest BCUT2D eigenvalue weighted by Gasteiger charge is 2.15. The van der Waals surface area contributed by atoms with E-state index in [0.717, 1.165) is 44.7 Å². The lowest BCUT2D eigenvalue weighted by molar-refractivity contribution is 0.628. The molecule has 4 aromatic rings. The third-order valence-corrected chi connectivity index (χ3v) is 4.78. The monoisotopic (exact) mass is 398 g/mol. The minimum absolute atomic E-state index is 0.260. The predicted molar refractivity (Wildman–Crippen MR) is 99.9 cm³/mol. The Bertz CT molecular complexity index is 1050. The number of H-pyrrole nitrogens is 1. The van der Waals surface area contributed by atoms with Gasteiger partial charge in [-0.15, -0.1) is 0 Å². The molecule has 0 bridgehead atoms. The Morgan fingerprint density at radius 1 is 1.20 bits per heavy atom. The molecule has 0 aliphatic carbocycles. The fraction of sp³-hybridized carbons (Fsp3) is 0.158. The van der Waals surface area contributed by atoms with Gasteiger partial charge < -0.3 is 4.57 Å². The van der Waals surface area contributed by atoms with E-state index >= 15 is 0 Å². The van der Waals surface area contributed by atoms with Gasteiger partial charge in [0.1, 0.15) is 11.6 Å². The van der Waals surface area contributed by atoms with Crippen LogP contribution in [0, 0.1) is 5.82 Å². The SMILES string of the molecule is CCn1c(Cc2cn[nH]c2-c2cccc(F)c2)nc2cc(Br)ccc21. The third-order valence-electron chi connectivity index (χ3n) is 4.29. The van der Waals surface area contributed by atoms with Gasteiger partial charge in [0.15, 0.2) is 0 Å². The van der Waals surface area contributed by atoms with E-state index < -0.39 is 0 Å². The summed E-state index contributed by atoms with van der Waals surface area (Å²) < 4.78 is 16.8. The highest BCUT2D eigenvalue weighted by molar-refractivity contribution is 9.10. The van der Waals surface area contributed by atoms with E-state index in [0.29, 0.717) is 6.42 Å². The van der Waals surface area contributed by atoms with E-state index in [2.05, 4.69) is 43.7 Å². The Labute approximate surface area is 152 Å². The topological polar surface area (TPSA) is 46.5 Å². The van der Waals surface area contributed by atoms with Gasteiger partial charge in [-0.05, 0) is 37.3 Å². The first kappa shape index (κ1) is 16.0. The van der Waals surface area contributed by atoms with E-state index in [4.69, 9.17) is 4.98 Å². The van der Waals surface area contributed by atoms with Crippen molar-refractivity contribution in [1.82, 2.24) is 19.7 Å². The summed E-state index contributed by atoms with van der Waals surface area (Å²) in [6, 6.07) is 12.6. The van der Waals surface area contributed by atoms with Crippen molar-refractivity contribution in [2.75, 3.05) is 0 Å². The first-order valence-corrected chi connectivity index (χ1v) is 8.88. The molecule has 0 fully saturated rings. The Hall–Kier alpha value is -2.47. The van der Waals surface area contributed by atoms with Crippen LogP contribution in [0.25, 0.3) is 22.3 Å². The maximum Gasteiger partial charge on any atom is 0.123 e. The molecule has 2 heterocycles. The molecule has 0 radical (unpaired) electrons. The molecule has 2 aromatic carbocycles. The Morgan fingerprint density at radius 3 is 2.88 bits per heavy atom. The van der Waals surface area contributed by atoms with Gasteiger partial charge in [0.05, 0.1) is 22.9 Å². The van der Waals surface area contributed by atoms with Crippen molar-refractivity contribution in [3.8, 4) is 11.3 Å². The highest BCUT2D eigenvalue weighted by Crippen LogP contribution is 2.26. The number of benzene rings is 2. The van der Waals surface area contributed by atoms with Crippen LogP contribution in [0.5, 0.6) is 0 Å². The smallest absolute Gasteiger partial charge is 0.123 e. The number of aryl methyl sites for hydroxylation is 1. The molecule has 4 rings (SSSR count). The van der Waals surface area contributed by atoms with E-state index in [1.54, 1.807) is 12.3 Å². The van der Waals surface area contributed by atoms with Crippen molar-refractivity contribution in [2.24, 2.45) is 0 Å². The molecule has 2 aromatic heterocycles. The number of hydrogen-bond donors (Lipinski definition) is 1. The molecule has 25 heavy (non-hydrogen) atoms. The highest BCUT2D eigenvalue weighted by atomic mass is 79.9. The lowest BCUT2D eigenvalue weighted by atomic mass is 10.1. The minimum Gasteiger partial charge on any atom is -0.328 e. The standard InChI is InChI=1S/C19H16BrFN4/c1-2-25-17-7-6-14(20)10-16(17)23-18(25)9-13-11-22-24-19(13)12-4-3-5-15(21)8-12/h3-8,10-11H,2,9H2,1H3,(H,22,24). The zero-order valence-corrected chi connectivity index (χ0v) is 15.2. The number of aromatic amines is 1. The molecular formula is C19H16BrFN4. The minimum atomic E-state index is -0.260. The number of imidazole rings is 1. The third kappa shape index (κ3) is 2.98. The van der Waals surface area contributed by atoms with Crippen molar-refractivity contribution in [1.29, 1.82) is 0 Å². The van der Waals surface area contributed by atoms with Crippen LogP contribution in [0.2, 0.25) is 0 Å². The first-order valence-electron chi connectivity index (χ1n) is 8.08. The van der Waals surface area contributed by atoms with E-state index in [9.17, 15) is 4.39 Å². The number of nitrogens with one attached hydrogen (secondary N) is 1. The van der Waals surface area contributed by atoms with Crippen molar-refractivity contribution in [3.05, 3.63) is 70.3 Å². The zero-order chi connectivity index (χ0) is 17.4. The zero-order valence-electron chi connectivity index (χ0n) is 13.6. The van der Waals surface area contributed by atoms with Crippen LogP contribution < -0.4 is 0 Å². The summed E-state index contributed by atoms with van der Waals surface area (Å²) in [7, 11) is 0. The quantitative estimate of drug-likeness (QED) is 0.529. The van der Waals surface area contributed by atoms with Gasteiger partial charge in [0.2, 0.25) is 0 Å². The Balaban J connectivity index is 1.77. The molecule has 0 amide bonds. The van der Waals surface area contributed by atoms with Crippen LogP contribution in [0.4, 0.5) is 4.39 Å². The summed E-state index contributed by atoms with van der Waals surface area (Å²) in [6.45, 7) is 2.94. The number of hydrogen-bond acceptors (Lipinski definition) is 2. The number of halogens is 2. The number of aromatic nitrogens is 4. The molecular weight excluding hydrogens is 383 g/mol. The molecule has 4 nitrogen and oxygen atoms in total. The van der Waals surface area contributed by atoms with Gasteiger partial charge >= 0.3 is 0 Å². The van der Waals surface area contributed by atoms with E-state index in [-0.39, 0.29) is 5.82 Å². The lowest BCUT2D eigenvalue weighted by Crippen LogP contribution is -2.03. The van der Waals surface area contributed by atoms with Gasteiger partial charge in [-0.25, -0.2) is 9.37 Å². The van der Waals surface area contributed by atoms with Crippen molar-refractivity contribution in [3.63, 3.8) is 0 Å². The van der Waals surface area contributed by atoms with E-state index in [1.807, 2.05) is 18.2 Å². The Morgan fingerprint density at radius 2 is 2.08 bits per heavy atom. The number of nitrogens with zero attached hydrogens (tertiary/aromatic N) is 3. The average molecular weight is 399 g/mol. The lowest BCUT2D eigenvalue weighted by Gasteiger charge is -2.07. The molecule has 0 atom stereocenters. The summed E-state index contributed by atoms with van der Waals surface area (Å²) in [5.41, 5.74) is 4.68. The summed E-state index contributed by atoms with van der Waals surface area (Å²) in [5.74, 6) is 0.707. The van der Waals surface area contributed by atoms with Gasteiger partial charge in [-0.1, -0.05) is 28.1 Å². The first-order chi connectivity index (χ1) is 12.2. The molecule has 6 heteroatoms. The number of rotatable bonds is 4. The van der Waals surface area contributed by atoms with Crippen molar-refractivity contribution >= 4 is 27.0 Å². The van der Waals surface area contributed by atoms with Crippen molar-refractivity contribution in [2.45, 2.75) is 19.9 Å². The fourth-order valence-corrected chi connectivity index (χ4v) is 3.50. The van der Waals surface area contributed by atoms with E-state index in [1.165, 1.54) is 12.1 Å². The van der Waals surface area contributed by atoms with Crippen LogP contribution in [0.1, 0.15) is 18.3 Å². The molecule has 0 spiro atoms. The van der Waals surface area contributed by atoms with Crippen LogP contribution in [-0.4, -0.2) is 19.7 Å². The van der Waals surface area contributed by atoms with Gasteiger partial charge in [0, 0.05) is 28.6 Å². The number of fused-ring (bicyclic) bond motifs is 1. The second-order valence-corrected chi connectivity index (χ2v) is 6.78. The average Bonchev–Trinajstić information content (AvgIpc) is 3.18. The second-order valence-electron chi connectivity index (χ2n) is 5.86.